The first-order valence-electron chi connectivity index (χ1n) is 12.9. The Morgan fingerprint density at radius 1 is 0.889 bits per heavy atom. The Bertz CT molecular complexity index is 1170. The van der Waals surface area contributed by atoms with Crippen LogP contribution in [-0.4, -0.2) is 47.9 Å². The molecule has 5 rings (SSSR count). The van der Waals surface area contributed by atoms with Gasteiger partial charge in [0, 0.05) is 54.5 Å². The van der Waals surface area contributed by atoms with E-state index in [1.54, 1.807) is 0 Å². The van der Waals surface area contributed by atoms with E-state index in [-0.39, 0.29) is 5.91 Å². The molecule has 0 N–H and O–H groups in total. The fourth-order valence-corrected chi connectivity index (χ4v) is 5.76. The van der Waals surface area contributed by atoms with Gasteiger partial charge in [0.2, 0.25) is 0 Å². The van der Waals surface area contributed by atoms with E-state index in [9.17, 15) is 4.79 Å². The Kier molecular flexibility index (Phi) is 8.20. The summed E-state index contributed by atoms with van der Waals surface area (Å²) in [5.74, 6) is 1.21. The number of carbonyl (C=O) groups is 1. The standard InChI is InChI=1S/C29H33Cl2N3O2/c30-23-8-6-11-25(19-23)32-15-17-33(18-16-32)29(35)28-14-13-26(36-28)21-34(24-9-2-1-3-10-24)20-22-7-4-5-12-27(22)31/h4-8,11-14,19,24H,1-3,9-10,15-18,20-21H2. The van der Waals surface area contributed by atoms with Crippen LogP contribution in [0.2, 0.25) is 10.0 Å². The van der Waals surface area contributed by atoms with Gasteiger partial charge < -0.3 is 14.2 Å². The van der Waals surface area contributed by atoms with E-state index >= 15 is 0 Å². The third-order valence-corrected chi connectivity index (χ3v) is 8.00. The van der Waals surface area contributed by atoms with Gasteiger partial charge in [0.1, 0.15) is 5.76 Å². The molecule has 0 spiro atoms. The number of carbonyl (C=O) groups excluding carboxylic acids is 1. The molecule has 1 aromatic heterocycles. The summed E-state index contributed by atoms with van der Waals surface area (Å²) in [6, 6.07) is 20.2. The first-order valence-corrected chi connectivity index (χ1v) is 13.7. The number of nitrogens with zero attached hydrogens (tertiary/aromatic N) is 3. The highest BCUT2D eigenvalue weighted by atomic mass is 35.5. The molecular weight excluding hydrogens is 493 g/mol. The van der Waals surface area contributed by atoms with Crippen LogP contribution in [0.1, 0.15) is 54.0 Å². The molecule has 5 nitrogen and oxygen atoms in total. The van der Waals surface area contributed by atoms with E-state index in [0.29, 0.717) is 31.4 Å². The highest BCUT2D eigenvalue weighted by molar-refractivity contribution is 6.31. The Balaban J connectivity index is 1.23. The largest absolute Gasteiger partial charge is 0.455 e. The lowest BCUT2D eigenvalue weighted by Crippen LogP contribution is -2.48. The van der Waals surface area contributed by atoms with Gasteiger partial charge in [-0.15, -0.1) is 0 Å². The van der Waals surface area contributed by atoms with Crippen molar-refractivity contribution in [3.05, 3.63) is 87.8 Å². The fraction of sp³-hybridized carbons (Fsp3) is 0.414. The minimum absolute atomic E-state index is 0.0395. The zero-order valence-corrected chi connectivity index (χ0v) is 22.1. The lowest BCUT2D eigenvalue weighted by molar-refractivity contribution is 0.0707. The van der Waals surface area contributed by atoms with Crippen LogP contribution in [0, 0.1) is 0 Å². The maximum absolute atomic E-state index is 13.2. The number of halogens is 2. The molecule has 7 heteroatoms. The Morgan fingerprint density at radius 2 is 1.67 bits per heavy atom. The van der Waals surface area contributed by atoms with Crippen molar-refractivity contribution in [2.24, 2.45) is 0 Å². The number of piperazine rings is 1. The van der Waals surface area contributed by atoms with E-state index in [4.69, 9.17) is 27.6 Å². The lowest BCUT2D eigenvalue weighted by Gasteiger charge is -2.35. The van der Waals surface area contributed by atoms with Crippen LogP contribution in [0.5, 0.6) is 0 Å². The van der Waals surface area contributed by atoms with Crippen molar-refractivity contribution in [3.63, 3.8) is 0 Å². The van der Waals surface area contributed by atoms with Gasteiger partial charge in [-0.05, 0) is 54.8 Å². The molecule has 1 aliphatic carbocycles. The number of benzene rings is 2. The molecule has 2 aromatic carbocycles. The number of hydrogen-bond acceptors (Lipinski definition) is 4. The average Bonchev–Trinajstić information content (AvgIpc) is 3.38. The lowest BCUT2D eigenvalue weighted by atomic mass is 9.93. The summed E-state index contributed by atoms with van der Waals surface area (Å²) in [5.41, 5.74) is 2.22. The molecule has 0 bridgehead atoms. The van der Waals surface area contributed by atoms with Crippen LogP contribution < -0.4 is 4.90 Å². The molecule has 3 aromatic rings. The molecule has 2 fully saturated rings. The van der Waals surface area contributed by atoms with Crippen LogP contribution in [0.4, 0.5) is 5.69 Å². The minimum Gasteiger partial charge on any atom is -0.455 e. The summed E-state index contributed by atoms with van der Waals surface area (Å²) in [5, 5.41) is 1.52. The second kappa shape index (κ2) is 11.7. The van der Waals surface area contributed by atoms with Crippen molar-refractivity contribution in [3.8, 4) is 0 Å². The fourth-order valence-electron chi connectivity index (χ4n) is 5.38. The summed E-state index contributed by atoms with van der Waals surface area (Å²) in [4.78, 5) is 19.8. The van der Waals surface area contributed by atoms with E-state index in [2.05, 4.69) is 21.9 Å². The molecule has 0 radical (unpaired) electrons. The van der Waals surface area contributed by atoms with Gasteiger partial charge in [0.05, 0.1) is 6.54 Å². The minimum atomic E-state index is -0.0395. The SMILES string of the molecule is O=C(c1ccc(CN(Cc2ccccc2Cl)C2CCCCC2)o1)N1CCN(c2cccc(Cl)c2)CC1. The first kappa shape index (κ1) is 25.2. The highest BCUT2D eigenvalue weighted by Crippen LogP contribution is 2.28. The van der Waals surface area contributed by atoms with Crippen LogP contribution in [-0.2, 0) is 13.1 Å². The normalized spacial score (nSPS) is 17.1. The third-order valence-electron chi connectivity index (χ3n) is 7.39. The Labute approximate surface area is 223 Å². The molecule has 190 valence electrons. The number of hydrogen-bond donors (Lipinski definition) is 0. The molecule has 1 aliphatic heterocycles. The summed E-state index contributed by atoms with van der Waals surface area (Å²) in [6.07, 6.45) is 6.20. The molecule has 2 heterocycles. The van der Waals surface area contributed by atoms with Crippen molar-refractivity contribution in [1.82, 2.24) is 9.80 Å². The molecule has 1 saturated carbocycles. The second-order valence-electron chi connectivity index (χ2n) is 9.81. The van der Waals surface area contributed by atoms with Gasteiger partial charge in [0.15, 0.2) is 5.76 Å². The molecule has 0 unspecified atom stereocenters. The zero-order chi connectivity index (χ0) is 24.9. The van der Waals surface area contributed by atoms with Gasteiger partial charge in [-0.2, -0.15) is 0 Å². The van der Waals surface area contributed by atoms with Gasteiger partial charge in [-0.3, -0.25) is 9.69 Å². The zero-order valence-electron chi connectivity index (χ0n) is 20.5. The number of furan rings is 1. The van der Waals surface area contributed by atoms with Crippen molar-refractivity contribution < 1.29 is 9.21 Å². The predicted octanol–water partition coefficient (Wildman–Crippen LogP) is 6.88. The van der Waals surface area contributed by atoms with E-state index in [1.165, 1.54) is 32.1 Å². The Hall–Kier alpha value is -2.47. The first-order chi connectivity index (χ1) is 17.6. The van der Waals surface area contributed by atoms with Gasteiger partial charge in [0.25, 0.3) is 5.91 Å². The molecule has 1 amide bonds. The van der Waals surface area contributed by atoms with Crippen LogP contribution >= 0.6 is 23.2 Å². The van der Waals surface area contributed by atoms with Crippen LogP contribution in [0.15, 0.2) is 65.1 Å². The average molecular weight is 527 g/mol. The second-order valence-corrected chi connectivity index (χ2v) is 10.7. The van der Waals surface area contributed by atoms with Gasteiger partial charge in [-0.1, -0.05) is 66.7 Å². The maximum atomic E-state index is 13.2. The summed E-state index contributed by atoms with van der Waals surface area (Å²) < 4.78 is 6.12. The summed E-state index contributed by atoms with van der Waals surface area (Å²) >= 11 is 12.6. The van der Waals surface area contributed by atoms with Crippen molar-refractivity contribution in [1.29, 1.82) is 0 Å². The molecular formula is C29H33Cl2N3O2. The quantitative estimate of drug-likeness (QED) is 0.336. The van der Waals surface area contributed by atoms with Crippen LogP contribution in [0.25, 0.3) is 0 Å². The topological polar surface area (TPSA) is 39.9 Å². The molecule has 0 atom stereocenters. The van der Waals surface area contributed by atoms with Crippen LogP contribution in [0.3, 0.4) is 0 Å². The predicted molar refractivity (Wildman–Crippen MR) is 146 cm³/mol. The van der Waals surface area contributed by atoms with Crippen molar-refractivity contribution >= 4 is 34.8 Å². The molecule has 36 heavy (non-hydrogen) atoms. The molecule has 1 saturated heterocycles. The van der Waals surface area contributed by atoms with Gasteiger partial charge in [-0.25, -0.2) is 0 Å². The summed E-state index contributed by atoms with van der Waals surface area (Å²) in [7, 11) is 0. The number of anilines is 1. The van der Waals surface area contributed by atoms with Crippen molar-refractivity contribution in [2.75, 3.05) is 31.1 Å². The van der Waals surface area contributed by atoms with E-state index in [1.807, 2.05) is 53.4 Å². The Morgan fingerprint density at radius 3 is 2.42 bits per heavy atom. The third kappa shape index (κ3) is 6.08. The van der Waals surface area contributed by atoms with Crippen molar-refractivity contribution in [2.45, 2.75) is 51.2 Å². The molecule has 2 aliphatic rings. The van der Waals surface area contributed by atoms with Gasteiger partial charge >= 0.3 is 0 Å². The monoisotopic (exact) mass is 525 g/mol. The smallest absolute Gasteiger partial charge is 0.289 e. The number of rotatable bonds is 7. The maximum Gasteiger partial charge on any atom is 0.289 e. The van der Waals surface area contributed by atoms with E-state index in [0.717, 1.165) is 46.7 Å². The highest BCUT2D eigenvalue weighted by Gasteiger charge is 2.26. The van der Waals surface area contributed by atoms with E-state index < -0.39 is 0 Å². The summed E-state index contributed by atoms with van der Waals surface area (Å²) in [6.45, 7) is 4.30. The number of amides is 1.